The molecule has 0 aromatic carbocycles. The van der Waals surface area contributed by atoms with Crippen LogP contribution in [0.1, 0.15) is 43.3 Å². The van der Waals surface area contributed by atoms with Gasteiger partial charge in [0.2, 0.25) is 0 Å². The average Bonchev–Trinajstić information content (AvgIpc) is 2.65. The van der Waals surface area contributed by atoms with E-state index in [4.69, 9.17) is 0 Å². The molecular weight excluding hydrogens is 204 g/mol. The molecule has 0 aliphatic carbocycles. The topological polar surface area (TPSA) is 16.1 Å². The molecule has 1 saturated heterocycles. The van der Waals surface area contributed by atoms with Crippen LogP contribution in [-0.2, 0) is 0 Å². The molecule has 0 N–H and O–H groups in total. The number of likely N-dealkylation sites (tertiary alicyclic amines) is 1. The standard InChI is InChI=1S/C12H20N2S/c1-9(2)14-6-4-11(5-7-14)12-8-15-10(3)13-12/h8-9,11H,4-7H2,1-3H3. The first kappa shape index (κ1) is 11.1. The minimum absolute atomic E-state index is 0.697. The lowest BCUT2D eigenvalue weighted by molar-refractivity contribution is 0.171. The van der Waals surface area contributed by atoms with Gasteiger partial charge in [0.15, 0.2) is 0 Å². The molecule has 2 heterocycles. The summed E-state index contributed by atoms with van der Waals surface area (Å²) in [5.74, 6) is 0.713. The Balaban J connectivity index is 1.93. The summed E-state index contributed by atoms with van der Waals surface area (Å²) in [5, 5.41) is 3.45. The van der Waals surface area contributed by atoms with E-state index >= 15 is 0 Å². The number of thiazole rings is 1. The van der Waals surface area contributed by atoms with Crippen molar-refractivity contribution in [2.45, 2.75) is 45.6 Å². The van der Waals surface area contributed by atoms with Crippen molar-refractivity contribution >= 4 is 11.3 Å². The quantitative estimate of drug-likeness (QED) is 0.767. The van der Waals surface area contributed by atoms with Gasteiger partial charge in [-0.3, -0.25) is 0 Å². The van der Waals surface area contributed by atoms with E-state index in [-0.39, 0.29) is 0 Å². The van der Waals surface area contributed by atoms with Crippen molar-refractivity contribution in [3.63, 3.8) is 0 Å². The maximum atomic E-state index is 4.60. The van der Waals surface area contributed by atoms with E-state index in [1.54, 1.807) is 11.3 Å². The van der Waals surface area contributed by atoms with E-state index in [9.17, 15) is 0 Å². The van der Waals surface area contributed by atoms with Crippen LogP contribution < -0.4 is 0 Å². The largest absolute Gasteiger partial charge is 0.301 e. The SMILES string of the molecule is Cc1nc(C2CCN(C(C)C)CC2)cs1. The summed E-state index contributed by atoms with van der Waals surface area (Å²) in [6, 6.07) is 0.697. The molecule has 84 valence electrons. The van der Waals surface area contributed by atoms with Crippen molar-refractivity contribution < 1.29 is 0 Å². The lowest BCUT2D eigenvalue weighted by atomic mass is 9.93. The second kappa shape index (κ2) is 4.62. The summed E-state index contributed by atoms with van der Waals surface area (Å²) >= 11 is 1.78. The minimum Gasteiger partial charge on any atom is -0.301 e. The molecular formula is C12H20N2S. The maximum absolute atomic E-state index is 4.60. The van der Waals surface area contributed by atoms with Crippen LogP contribution in [0.3, 0.4) is 0 Å². The summed E-state index contributed by atoms with van der Waals surface area (Å²) in [6.45, 7) is 9.13. The highest BCUT2D eigenvalue weighted by Crippen LogP contribution is 2.29. The van der Waals surface area contributed by atoms with Gasteiger partial charge in [0, 0.05) is 17.3 Å². The van der Waals surface area contributed by atoms with Crippen LogP contribution in [-0.4, -0.2) is 29.0 Å². The van der Waals surface area contributed by atoms with Crippen molar-refractivity contribution in [2.24, 2.45) is 0 Å². The Morgan fingerprint density at radius 3 is 2.53 bits per heavy atom. The van der Waals surface area contributed by atoms with Gasteiger partial charge in [0.05, 0.1) is 10.7 Å². The van der Waals surface area contributed by atoms with E-state index in [1.807, 2.05) is 0 Å². The van der Waals surface area contributed by atoms with Gasteiger partial charge in [-0.2, -0.15) is 0 Å². The van der Waals surface area contributed by atoms with Crippen molar-refractivity contribution in [1.29, 1.82) is 0 Å². The maximum Gasteiger partial charge on any atom is 0.0897 e. The Morgan fingerprint density at radius 2 is 2.07 bits per heavy atom. The number of rotatable bonds is 2. The van der Waals surface area contributed by atoms with E-state index in [1.165, 1.54) is 36.6 Å². The van der Waals surface area contributed by atoms with Crippen LogP contribution in [0, 0.1) is 6.92 Å². The van der Waals surface area contributed by atoms with Crippen LogP contribution in [0.4, 0.5) is 0 Å². The Labute approximate surface area is 96.3 Å². The van der Waals surface area contributed by atoms with Gasteiger partial charge < -0.3 is 4.90 Å². The highest BCUT2D eigenvalue weighted by molar-refractivity contribution is 7.09. The molecule has 0 saturated carbocycles. The van der Waals surface area contributed by atoms with E-state index in [0.717, 1.165) is 0 Å². The summed E-state index contributed by atoms with van der Waals surface area (Å²) in [6.07, 6.45) is 2.56. The van der Waals surface area contributed by atoms with Gasteiger partial charge >= 0.3 is 0 Å². The molecule has 0 unspecified atom stereocenters. The Morgan fingerprint density at radius 1 is 1.40 bits per heavy atom. The summed E-state index contributed by atoms with van der Waals surface area (Å²) < 4.78 is 0. The Hall–Kier alpha value is -0.410. The third kappa shape index (κ3) is 2.58. The monoisotopic (exact) mass is 224 g/mol. The van der Waals surface area contributed by atoms with Gasteiger partial charge in [-0.05, 0) is 46.7 Å². The molecule has 1 aliphatic heterocycles. The Bertz CT molecular complexity index is 311. The summed E-state index contributed by atoms with van der Waals surface area (Å²) in [4.78, 5) is 7.17. The normalized spacial score (nSPS) is 20.0. The van der Waals surface area contributed by atoms with Gasteiger partial charge in [-0.25, -0.2) is 4.98 Å². The third-order valence-corrected chi connectivity index (χ3v) is 4.11. The van der Waals surface area contributed by atoms with Gasteiger partial charge in [0.25, 0.3) is 0 Å². The first-order chi connectivity index (χ1) is 7.16. The average molecular weight is 224 g/mol. The number of piperidine rings is 1. The summed E-state index contributed by atoms with van der Waals surface area (Å²) in [5.41, 5.74) is 1.33. The van der Waals surface area contributed by atoms with Crippen LogP contribution in [0.15, 0.2) is 5.38 Å². The predicted octanol–water partition coefficient (Wildman–Crippen LogP) is 3.04. The predicted molar refractivity (Wildman–Crippen MR) is 65.5 cm³/mol. The van der Waals surface area contributed by atoms with Crippen LogP contribution in [0.2, 0.25) is 0 Å². The van der Waals surface area contributed by atoms with Gasteiger partial charge in [-0.1, -0.05) is 0 Å². The van der Waals surface area contributed by atoms with Crippen LogP contribution >= 0.6 is 11.3 Å². The molecule has 0 radical (unpaired) electrons. The van der Waals surface area contributed by atoms with Crippen molar-refractivity contribution in [3.8, 4) is 0 Å². The number of aryl methyl sites for hydroxylation is 1. The number of aromatic nitrogens is 1. The molecule has 3 heteroatoms. The third-order valence-electron chi connectivity index (χ3n) is 3.31. The van der Waals surface area contributed by atoms with Crippen LogP contribution in [0.25, 0.3) is 0 Å². The molecule has 2 rings (SSSR count). The van der Waals surface area contributed by atoms with Crippen LogP contribution in [0.5, 0.6) is 0 Å². The zero-order valence-corrected chi connectivity index (χ0v) is 10.7. The van der Waals surface area contributed by atoms with Crippen molar-refractivity contribution in [2.75, 3.05) is 13.1 Å². The molecule has 0 amide bonds. The fourth-order valence-electron chi connectivity index (χ4n) is 2.28. The van der Waals surface area contributed by atoms with Gasteiger partial charge in [0.1, 0.15) is 0 Å². The fraction of sp³-hybridized carbons (Fsp3) is 0.750. The molecule has 0 spiro atoms. The second-order valence-electron chi connectivity index (χ2n) is 4.70. The zero-order valence-electron chi connectivity index (χ0n) is 9.86. The molecule has 1 aliphatic rings. The lowest BCUT2D eigenvalue weighted by Gasteiger charge is -2.33. The molecule has 2 nitrogen and oxygen atoms in total. The molecule has 15 heavy (non-hydrogen) atoms. The first-order valence-corrected chi connectivity index (χ1v) is 6.71. The number of hydrogen-bond donors (Lipinski definition) is 0. The second-order valence-corrected chi connectivity index (χ2v) is 5.76. The molecule has 1 aromatic rings. The fourth-order valence-corrected chi connectivity index (χ4v) is 2.97. The van der Waals surface area contributed by atoms with E-state index in [2.05, 4.69) is 36.0 Å². The van der Waals surface area contributed by atoms with E-state index < -0.39 is 0 Å². The molecule has 0 atom stereocenters. The Kier molecular flexibility index (Phi) is 3.42. The van der Waals surface area contributed by atoms with E-state index in [0.29, 0.717) is 12.0 Å². The molecule has 0 bridgehead atoms. The van der Waals surface area contributed by atoms with Crippen molar-refractivity contribution in [1.82, 2.24) is 9.88 Å². The molecule has 1 fully saturated rings. The molecule has 1 aromatic heterocycles. The highest BCUT2D eigenvalue weighted by atomic mass is 32.1. The number of hydrogen-bond acceptors (Lipinski definition) is 3. The summed E-state index contributed by atoms with van der Waals surface area (Å²) in [7, 11) is 0. The smallest absolute Gasteiger partial charge is 0.0897 e. The van der Waals surface area contributed by atoms with Gasteiger partial charge in [-0.15, -0.1) is 11.3 Å². The number of nitrogens with zero attached hydrogens (tertiary/aromatic N) is 2. The lowest BCUT2D eigenvalue weighted by Crippen LogP contribution is -2.37. The minimum atomic E-state index is 0.697. The zero-order chi connectivity index (χ0) is 10.8. The highest BCUT2D eigenvalue weighted by Gasteiger charge is 2.23. The first-order valence-electron chi connectivity index (χ1n) is 5.83. The van der Waals surface area contributed by atoms with Crippen molar-refractivity contribution in [3.05, 3.63) is 16.1 Å².